The van der Waals surface area contributed by atoms with Crippen molar-refractivity contribution in [3.63, 3.8) is 0 Å². The van der Waals surface area contributed by atoms with Crippen molar-refractivity contribution in [1.82, 2.24) is 20.2 Å². The minimum Gasteiger partial charge on any atom is -0.334 e. The first kappa shape index (κ1) is 15.8. The van der Waals surface area contributed by atoms with E-state index in [1.165, 1.54) is 6.07 Å². The molecule has 0 spiro atoms. The zero-order valence-corrected chi connectivity index (χ0v) is 13.9. The minimum atomic E-state index is -0.460. The number of aromatic amines is 1. The highest BCUT2D eigenvalue weighted by Gasteiger charge is 2.19. The van der Waals surface area contributed by atoms with E-state index >= 15 is 0 Å². The quantitative estimate of drug-likeness (QED) is 0.476. The van der Waals surface area contributed by atoms with E-state index in [1.807, 2.05) is 30.1 Å². The Kier molecular flexibility index (Phi) is 3.84. The van der Waals surface area contributed by atoms with Crippen molar-refractivity contribution in [1.29, 1.82) is 0 Å². The van der Waals surface area contributed by atoms with Gasteiger partial charge in [0.2, 0.25) is 5.82 Å². The van der Waals surface area contributed by atoms with Crippen molar-refractivity contribution < 1.29 is 4.92 Å². The maximum absolute atomic E-state index is 11.4. The lowest BCUT2D eigenvalue weighted by atomic mass is 10.2. The number of benzene rings is 1. The second-order valence-corrected chi connectivity index (χ2v) is 5.81. The first-order valence-electron chi connectivity index (χ1n) is 8.01. The van der Waals surface area contributed by atoms with Gasteiger partial charge in [0.1, 0.15) is 11.7 Å². The maximum Gasteiger partial charge on any atom is 0.311 e. The second-order valence-electron chi connectivity index (χ2n) is 5.81. The van der Waals surface area contributed by atoms with Crippen molar-refractivity contribution in [2.75, 3.05) is 23.8 Å². The largest absolute Gasteiger partial charge is 0.334 e. The van der Waals surface area contributed by atoms with E-state index in [0.717, 1.165) is 23.3 Å². The number of aromatic nitrogens is 3. The summed E-state index contributed by atoms with van der Waals surface area (Å²) in [7, 11) is 0. The normalized spacial score (nSPS) is 13.7. The Morgan fingerprint density at radius 1 is 1.31 bits per heavy atom. The molecule has 132 valence electrons. The summed E-state index contributed by atoms with van der Waals surface area (Å²) >= 11 is 0. The van der Waals surface area contributed by atoms with Gasteiger partial charge < -0.3 is 5.32 Å². The van der Waals surface area contributed by atoms with Crippen LogP contribution in [-0.4, -0.2) is 44.0 Å². The third-order valence-electron chi connectivity index (χ3n) is 4.08. The van der Waals surface area contributed by atoms with Crippen LogP contribution in [0.15, 0.2) is 41.5 Å². The van der Waals surface area contributed by atoms with E-state index in [1.54, 1.807) is 12.3 Å². The molecule has 0 saturated heterocycles. The van der Waals surface area contributed by atoms with Gasteiger partial charge in [-0.1, -0.05) is 0 Å². The number of hydrazine groups is 1. The molecular formula is C16H16N8O2. The van der Waals surface area contributed by atoms with Crippen LogP contribution in [0.2, 0.25) is 0 Å². The van der Waals surface area contributed by atoms with Gasteiger partial charge >= 0.3 is 5.69 Å². The van der Waals surface area contributed by atoms with Gasteiger partial charge in [-0.05, 0) is 31.2 Å². The summed E-state index contributed by atoms with van der Waals surface area (Å²) in [5.74, 6) is 1.51. The number of hydrogen-bond donors (Lipinski definition) is 3. The highest BCUT2D eigenvalue weighted by Crippen LogP contribution is 2.28. The molecule has 2 aromatic heterocycles. The SMILES string of the molecule is CC1=NCCN1Nc1ccc([N+](=O)[O-])c(Nc2ccc3[nH]ncc3c2)n1. The van der Waals surface area contributed by atoms with Gasteiger partial charge in [-0.25, -0.2) is 4.98 Å². The Morgan fingerprint density at radius 2 is 2.19 bits per heavy atom. The smallest absolute Gasteiger partial charge is 0.311 e. The molecule has 3 aromatic rings. The van der Waals surface area contributed by atoms with E-state index in [9.17, 15) is 10.1 Å². The monoisotopic (exact) mass is 352 g/mol. The molecule has 26 heavy (non-hydrogen) atoms. The number of anilines is 3. The fourth-order valence-corrected chi connectivity index (χ4v) is 2.74. The summed E-state index contributed by atoms with van der Waals surface area (Å²) in [6.07, 6.45) is 1.69. The number of amidine groups is 1. The Labute approximate surface area is 148 Å². The predicted octanol–water partition coefficient (Wildman–Crippen LogP) is 2.67. The van der Waals surface area contributed by atoms with Crippen molar-refractivity contribution in [3.8, 4) is 0 Å². The van der Waals surface area contributed by atoms with Crippen LogP contribution in [-0.2, 0) is 0 Å². The molecule has 0 radical (unpaired) electrons. The molecule has 0 amide bonds. The lowest BCUT2D eigenvalue weighted by Gasteiger charge is -2.20. The molecular weight excluding hydrogens is 336 g/mol. The Balaban J connectivity index is 1.64. The molecule has 1 aliphatic rings. The molecule has 0 unspecified atom stereocenters. The van der Waals surface area contributed by atoms with Gasteiger partial charge in [0.05, 0.1) is 29.7 Å². The van der Waals surface area contributed by atoms with Crippen LogP contribution in [0.5, 0.6) is 0 Å². The van der Waals surface area contributed by atoms with Gasteiger partial charge in [0, 0.05) is 17.1 Å². The fourth-order valence-electron chi connectivity index (χ4n) is 2.74. The fraction of sp³-hybridized carbons (Fsp3) is 0.188. The number of hydrogen-bond acceptors (Lipinski definition) is 8. The highest BCUT2D eigenvalue weighted by atomic mass is 16.6. The van der Waals surface area contributed by atoms with Crippen molar-refractivity contribution in [3.05, 3.63) is 46.6 Å². The summed E-state index contributed by atoms with van der Waals surface area (Å²) in [4.78, 5) is 19.6. The molecule has 0 fully saturated rings. The third-order valence-corrected chi connectivity index (χ3v) is 4.08. The van der Waals surface area contributed by atoms with Gasteiger partial charge in [-0.15, -0.1) is 0 Å². The van der Waals surface area contributed by atoms with Crippen molar-refractivity contribution in [2.24, 2.45) is 4.99 Å². The number of aliphatic imine (C=N–C) groups is 1. The van der Waals surface area contributed by atoms with Crippen LogP contribution in [0.3, 0.4) is 0 Å². The third kappa shape index (κ3) is 2.99. The Morgan fingerprint density at radius 3 is 2.96 bits per heavy atom. The molecule has 0 saturated carbocycles. The standard InChI is InChI=1S/C16H16N8O2/c1-10-17-6-7-23(10)22-15-5-4-14(24(25)26)16(20-15)19-12-2-3-13-11(8-12)9-18-21-13/h2-5,8-9H,6-7H2,1H3,(H,18,21)(H2,19,20,22). The zero-order chi connectivity index (χ0) is 18.1. The lowest BCUT2D eigenvalue weighted by molar-refractivity contribution is -0.384. The van der Waals surface area contributed by atoms with E-state index in [0.29, 0.717) is 18.1 Å². The molecule has 0 bridgehead atoms. The summed E-state index contributed by atoms with van der Waals surface area (Å²) in [5.41, 5.74) is 4.59. The molecule has 0 atom stereocenters. The molecule has 3 N–H and O–H groups in total. The topological polar surface area (TPSA) is 124 Å². The Bertz CT molecular complexity index is 1010. The van der Waals surface area contributed by atoms with E-state index in [-0.39, 0.29) is 11.5 Å². The number of pyridine rings is 1. The van der Waals surface area contributed by atoms with Crippen LogP contribution in [0.25, 0.3) is 10.9 Å². The second kappa shape index (κ2) is 6.31. The molecule has 10 nitrogen and oxygen atoms in total. The van der Waals surface area contributed by atoms with Gasteiger partial charge in [0.25, 0.3) is 0 Å². The van der Waals surface area contributed by atoms with Crippen LogP contribution in [0, 0.1) is 10.1 Å². The summed E-state index contributed by atoms with van der Waals surface area (Å²) < 4.78 is 0. The molecule has 1 aromatic carbocycles. The maximum atomic E-state index is 11.4. The van der Waals surface area contributed by atoms with Crippen molar-refractivity contribution >= 4 is 39.7 Å². The summed E-state index contributed by atoms with van der Waals surface area (Å²) in [5, 5.41) is 24.0. The first-order chi connectivity index (χ1) is 12.6. The average Bonchev–Trinajstić information content (AvgIpc) is 3.23. The lowest BCUT2D eigenvalue weighted by Crippen LogP contribution is -2.32. The summed E-state index contributed by atoms with van der Waals surface area (Å²) in [6.45, 7) is 3.33. The molecule has 0 aliphatic carbocycles. The zero-order valence-electron chi connectivity index (χ0n) is 13.9. The Hall–Kier alpha value is -3.69. The van der Waals surface area contributed by atoms with Gasteiger partial charge in [-0.3, -0.25) is 30.6 Å². The average molecular weight is 352 g/mol. The van der Waals surface area contributed by atoms with E-state index in [2.05, 4.69) is 30.9 Å². The van der Waals surface area contributed by atoms with Crippen molar-refractivity contribution in [2.45, 2.75) is 6.92 Å². The van der Waals surface area contributed by atoms with E-state index in [4.69, 9.17) is 0 Å². The number of nitrogens with one attached hydrogen (secondary N) is 3. The van der Waals surface area contributed by atoms with Crippen LogP contribution in [0.4, 0.5) is 23.0 Å². The predicted molar refractivity (Wildman–Crippen MR) is 98.6 cm³/mol. The number of nitrogens with zero attached hydrogens (tertiary/aromatic N) is 5. The minimum absolute atomic E-state index is 0.102. The highest BCUT2D eigenvalue weighted by molar-refractivity contribution is 5.84. The van der Waals surface area contributed by atoms with Crippen LogP contribution in [0.1, 0.15) is 6.92 Å². The molecule has 10 heteroatoms. The number of nitro groups is 1. The molecule has 1 aliphatic heterocycles. The number of rotatable bonds is 5. The van der Waals surface area contributed by atoms with Crippen LogP contribution >= 0.6 is 0 Å². The summed E-state index contributed by atoms with van der Waals surface area (Å²) in [6, 6.07) is 8.51. The number of fused-ring (bicyclic) bond motifs is 1. The first-order valence-corrected chi connectivity index (χ1v) is 8.01. The number of H-pyrrole nitrogens is 1. The van der Waals surface area contributed by atoms with Gasteiger partial charge in [0.15, 0.2) is 0 Å². The van der Waals surface area contributed by atoms with E-state index < -0.39 is 4.92 Å². The molecule has 4 rings (SSSR count). The van der Waals surface area contributed by atoms with Gasteiger partial charge in [-0.2, -0.15) is 5.10 Å². The molecule has 3 heterocycles. The van der Waals surface area contributed by atoms with Crippen LogP contribution < -0.4 is 10.7 Å².